The Kier molecular flexibility index (Phi) is 7.28. The number of hydrazine groups is 1. The smallest absolute Gasteiger partial charge is 0.248 e. The predicted molar refractivity (Wildman–Crippen MR) is 131 cm³/mol. The fourth-order valence-corrected chi connectivity index (χ4v) is 3.89. The minimum atomic E-state index is -0.403. The number of halogens is 1. The predicted octanol–water partition coefficient (Wildman–Crippen LogP) is 4.18. The average Bonchev–Trinajstić information content (AvgIpc) is 3.26. The zero-order valence-electron chi connectivity index (χ0n) is 17.2. The summed E-state index contributed by atoms with van der Waals surface area (Å²) in [6.45, 7) is 0. The van der Waals surface area contributed by atoms with Gasteiger partial charge in [-0.25, -0.2) is 4.39 Å². The van der Waals surface area contributed by atoms with Crippen LogP contribution in [0.2, 0.25) is 0 Å². The summed E-state index contributed by atoms with van der Waals surface area (Å²) in [6.07, 6.45) is 0. The third-order valence-corrected chi connectivity index (χ3v) is 5.58. The minimum absolute atomic E-state index is 0.0448. The third-order valence-electron chi connectivity index (χ3n) is 4.44. The van der Waals surface area contributed by atoms with Gasteiger partial charge in [0.15, 0.2) is 16.1 Å². The summed E-state index contributed by atoms with van der Waals surface area (Å²) in [6, 6.07) is 25.1. The van der Waals surface area contributed by atoms with E-state index in [9.17, 15) is 9.18 Å². The van der Waals surface area contributed by atoms with E-state index < -0.39 is 5.82 Å². The van der Waals surface area contributed by atoms with Gasteiger partial charge in [0.1, 0.15) is 5.82 Å². The summed E-state index contributed by atoms with van der Waals surface area (Å²) < 4.78 is 16.2. The molecule has 0 unspecified atom stereocenters. The van der Waals surface area contributed by atoms with Crippen LogP contribution < -0.4 is 16.2 Å². The van der Waals surface area contributed by atoms with Crippen LogP contribution in [0.25, 0.3) is 17.1 Å². The van der Waals surface area contributed by atoms with E-state index in [-0.39, 0.29) is 16.8 Å². The highest BCUT2D eigenvalue weighted by atomic mass is 32.2. The van der Waals surface area contributed by atoms with Crippen molar-refractivity contribution in [2.24, 2.45) is 0 Å². The van der Waals surface area contributed by atoms with Crippen molar-refractivity contribution in [2.75, 3.05) is 11.1 Å². The van der Waals surface area contributed by atoms with Crippen LogP contribution in [0.15, 0.2) is 90.1 Å². The molecule has 0 aliphatic carbocycles. The van der Waals surface area contributed by atoms with Crippen molar-refractivity contribution in [2.45, 2.75) is 5.16 Å². The number of aromatic nitrogens is 3. The second kappa shape index (κ2) is 10.7. The van der Waals surface area contributed by atoms with Crippen molar-refractivity contribution < 1.29 is 9.18 Å². The Balaban J connectivity index is 1.44. The van der Waals surface area contributed by atoms with Crippen LogP contribution in [0, 0.1) is 5.82 Å². The lowest BCUT2D eigenvalue weighted by Gasteiger charge is -2.12. The fourth-order valence-electron chi connectivity index (χ4n) is 2.97. The van der Waals surface area contributed by atoms with Gasteiger partial charge in [0.05, 0.1) is 11.3 Å². The highest BCUT2D eigenvalue weighted by Crippen LogP contribution is 2.29. The van der Waals surface area contributed by atoms with Gasteiger partial charge in [0.2, 0.25) is 5.91 Å². The van der Waals surface area contributed by atoms with E-state index in [2.05, 4.69) is 26.4 Å². The molecule has 0 aliphatic heterocycles. The van der Waals surface area contributed by atoms with Crippen molar-refractivity contribution in [1.29, 1.82) is 0 Å². The van der Waals surface area contributed by atoms with Crippen molar-refractivity contribution in [3.8, 4) is 17.1 Å². The lowest BCUT2D eigenvalue weighted by Crippen LogP contribution is -2.44. The number of carbonyl (C=O) groups excluding carboxylic acids is 1. The topological polar surface area (TPSA) is 83.9 Å². The standard InChI is InChI=1S/C23H19FN6OS2/c24-19-14-8-7-13-18(19)21-27-29-23(30(21)17-11-5-2-6-12-17)33-15-20(31)26-28-22(32)25-16-9-3-1-4-10-16/h1-14H,15H2,(H,26,31)(H2,25,28,32). The molecule has 33 heavy (non-hydrogen) atoms. The molecule has 0 saturated carbocycles. The van der Waals surface area contributed by atoms with Gasteiger partial charge in [0, 0.05) is 11.4 Å². The highest BCUT2D eigenvalue weighted by molar-refractivity contribution is 7.99. The molecule has 0 fully saturated rings. The second-order valence-corrected chi connectivity index (χ2v) is 8.09. The zero-order valence-corrected chi connectivity index (χ0v) is 18.9. The molecule has 166 valence electrons. The number of rotatable bonds is 6. The molecule has 7 nitrogen and oxygen atoms in total. The molecule has 0 aliphatic rings. The molecule has 0 spiro atoms. The van der Waals surface area contributed by atoms with Crippen LogP contribution in [0.3, 0.4) is 0 Å². The first-order chi connectivity index (χ1) is 16.1. The number of para-hydroxylation sites is 2. The molecule has 1 amide bonds. The normalized spacial score (nSPS) is 10.5. The van der Waals surface area contributed by atoms with Crippen LogP contribution >= 0.6 is 24.0 Å². The number of hydrogen-bond acceptors (Lipinski definition) is 5. The number of thiocarbonyl (C=S) groups is 1. The molecule has 0 radical (unpaired) electrons. The van der Waals surface area contributed by atoms with Crippen LogP contribution in [-0.4, -0.2) is 31.5 Å². The zero-order chi connectivity index (χ0) is 23.0. The van der Waals surface area contributed by atoms with Crippen LogP contribution in [-0.2, 0) is 4.79 Å². The molecule has 10 heteroatoms. The fraction of sp³-hybridized carbons (Fsp3) is 0.0435. The van der Waals surface area contributed by atoms with E-state index in [1.807, 2.05) is 60.7 Å². The van der Waals surface area contributed by atoms with Crippen LogP contribution in [0.4, 0.5) is 10.1 Å². The Morgan fingerprint density at radius 1 is 0.909 bits per heavy atom. The molecule has 1 heterocycles. The average molecular weight is 479 g/mol. The van der Waals surface area contributed by atoms with Crippen molar-refractivity contribution in [3.63, 3.8) is 0 Å². The number of nitrogens with zero attached hydrogens (tertiary/aromatic N) is 3. The molecule has 0 atom stereocenters. The van der Waals surface area contributed by atoms with Gasteiger partial charge in [0.25, 0.3) is 0 Å². The first kappa shape index (κ1) is 22.4. The van der Waals surface area contributed by atoms with Crippen LogP contribution in [0.5, 0.6) is 0 Å². The Hall–Kier alpha value is -3.76. The van der Waals surface area contributed by atoms with Gasteiger partial charge in [-0.1, -0.05) is 60.3 Å². The van der Waals surface area contributed by atoms with E-state index in [4.69, 9.17) is 12.2 Å². The van der Waals surface area contributed by atoms with Gasteiger partial charge < -0.3 is 5.32 Å². The maximum atomic E-state index is 14.4. The number of amides is 1. The minimum Gasteiger partial charge on any atom is -0.331 e. The molecule has 4 rings (SSSR count). The number of nitrogens with one attached hydrogen (secondary N) is 3. The van der Waals surface area contributed by atoms with E-state index >= 15 is 0 Å². The van der Waals surface area contributed by atoms with Gasteiger partial charge in [-0.3, -0.25) is 20.2 Å². The highest BCUT2D eigenvalue weighted by Gasteiger charge is 2.19. The lowest BCUT2D eigenvalue weighted by atomic mass is 10.2. The van der Waals surface area contributed by atoms with Gasteiger partial charge in [-0.15, -0.1) is 10.2 Å². The van der Waals surface area contributed by atoms with Gasteiger partial charge >= 0.3 is 0 Å². The van der Waals surface area contributed by atoms with E-state index in [0.29, 0.717) is 16.5 Å². The summed E-state index contributed by atoms with van der Waals surface area (Å²) in [5.74, 6) is -0.316. The first-order valence-electron chi connectivity index (χ1n) is 9.91. The molecule has 3 aromatic carbocycles. The SMILES string of the molecule is O=C(CSc1nnc(-c2ccccc2F)n1-c1ccccc1)NNC(=S)Nc1ccccc1. The van der Waals surface area contributed by atoms with Crippen LogP contribution in [0.1, 0.15) is 0 Å². The summed E-state index contributed by atoms with van der Waals surface area (Å²) in [5, 5.41) is 12.1. The van der Waals surface area contributed by atoms with Gasteiger partial charge in [-0.05, 0) is 48.6 Å². The maximum Gasteiger partial charge on any atom is 0.248 e. The first-order valence-corrected chi connectivity index (χ1v) is 11.3. The van der Waals surface area contributed by atoms with Crippen molar-refractivity contribution in [3.05, 3.63) is 90.7 Å². The Morgan fingerprint density at radius 2 is 1.58 bits per heavy atom. The Labute approximate surface area is 199 Å². The number of carbonyl (C=O) groups is 1. The second-order valence-electron chi connectivity index (χ2n) is 6.74. The quantitative estimate of drug-likeness (QED) is 0.218. The Bertz CT molecular complexity index is 1250. The summed E-state index contributed by atoms with van der Waals surface area (Å²) in [7, 11) is 0. The third kappa shape index (κ3) is 5.73. The lowest BCUT2D eigenvalue weighted by molar-refractivity contribution is -0.119. The molecule has 1 aromatic heterocycles. The molecule has 0 bridgehead atoms. The molecule has 3 N–H and O–H groups in total. The van der Waals surface area contributed by atoms with Gasteiger partial charge in [-0.2, -0.15) is 0 Å². The monoisotopic (exact) mass is 478 g/mol. The number of benzene rings is 3. The maximum absolute atomic E-state index is 14.4. The number of thioether (sulfide) groups is 1. The van der Waals surface area contributed by atoms with E-state index in [1.165, 1.54) is 17.8 Å². The summed E-state index contributed by atoms with van der Waals surface area (Å²) in [5.41, 5.74) is 7.10. The van der Waals surface area contributed by atoms with E-state index in [0.717, 1.165) is 11.4 Å². The largest absolute Gasteiger partial charge is 0.331 e. The Morgan fingerprint density at radius 3 is 2.30 bits per heavy atom. The molecular weight excluding hydrogens is 459 g/mol. The van der Waals surface area contributed by atoms with Crippen molar-refractivity contribution >= 4 is 40.7 Å². The number of anilines is 1. The van der Waals surface area contributed by atoms with E-state index in [1.54, 1.807) is 22.8 Å². The molecule has 4 aromatic rings. The van der Waals surface area contributed by atoms with Crippen molar-refractivity contribution in [1.82, 2.24) is 25.6 Å². The molecular formula is C23H19FN6OS2. The summed E-state index contributed by atoms with van der Waals surface area (Å²) in [4.78, 5) is 12.4. The summed E-state index contributed by atoms with van der Waals surface area (Å²) >= 11 is 6.36. The molecule has 0 saturated heterocycles. The number of hydrogen-bond donors (Lipinski definition) is 3.